The number of hydrogen-bond acceptors (Lipinski definition) is 4. The number of aryl methyl sites for hydroxylation is 1. The molecule has 1 aromatic rings. The van der Waals surface area contributed by atoms with Gasteiger partial charge in [-0.3, -0.25) is 14.2 Å². The van der Waals surface area contributed by atoms with Crippen LogP contribution in [-0.4, -0.2) is 38.7 Å². The van der Waals surface area contributed by atoms with Crippen LogP contribution in [0.3, 0.4) is 0 Å². The van der Waals surface area contributed by atoms with Crippen molar-refractivity contribution in [1.29, 1.82) is 0 Å². The summed E-state index contributed by atoms with van der Waals surface area (Å²) in [6.07, 6.45) is 0.712. The second-order valence-electron chi connectivity index (χ2n) is 4.60. The Morgan fingerprint density at radius 2 is 2.00 bits per heavy atom. The number of rotatable bonds is 6. The van der Waals surface area contributed by atoms with Gasteiger partial charge in [-0.15, -0.1) is 0 Å². The zero-order valence-corrected chi connectivity index (χ0v) is 13.7. The topological polar surface area (TPSA) is 55.2 Å². The maximum Gasteiger partial charge on any atom is 0.254 e. The molecule has 0 N–H and O–H groups in total. The van der Waals surface area contributed by atoms with Crippen LogP contribution in [0.5, 0.6) is 0 Å². The molecular weight excluding hydrogens is 274 g/mol. The zero-order chi connectivity index (χ0) is 15.3. The lowest BCUT2D eigenvalue weighted by atomic mass is 10.3. The number of nitrogens with zero attached hydrogens (tertiary/aromatic N) is 3. The lowest BCUT2D eigenvalue weighted by Gasteiger charge is -2.24. The average molecular weight is 297 g/mol. The van der Waals surface area contributed by atoms with Crippen LogP contribution in [0.25, 0.3) is 0 Å². The summed E-state index contributed by atoms with van der Waals surface area (Å²) >= 11 is 1.37. The van der Waals surface area contributed by atoms with E-state index in [2.05, 4.69) is 4.98 Å². The van der Waals surface area contributed by atoms with Crippen molar-refractivity contribution in [2.75, 3.05) is 13.1 Å². The fourth-order valence-electron chi connectivity index (χ4n) is 1.91. The molecule has 112 valence electrons. The summed E-state index contributed by atoms with van der Waals surface area (Å²) in [4.78, 5) is 30.4. The van der Waals surface area contributed by atoms with Gasteiger partial charge >= 0.3 is 0 Å². The van der Waals surface area contributed by atoms with Gasteiger partial charge in [0.2, 0.25) is 5.91 Å². The minimum absolute atomic E-state index is 0.0925. The molecule has 0 fully saturated rings. The largest absolute Gasteiger partial charge is 0.342 e. The smallest absolute Gasteiger partial charge is 0.254 e. The molecule has 0 bridgehead atoms. The molecule has 0 saturated heterocycles. The predicted molar refractivity (Wildman–Crippen MR) is 82.1 cm³/mol. The Hall–Kier alpha value is -1.30. The predicted octanol–water partition coefficient (Wildman–Crippen LogP) is 1.83. The Balaban J connectivity index is 3.00. The minimum Gasteiger partial charge on any atom is -0.342 e. The Kier molecular flexibility index (Phi) is 6.26. The second-order valence-corrected chi connectivity index (χ2v) is 5.77. The lowest BCUT2D eigenvalue weighted by molar-refractivity contribution is -0.130. The SMILES string of the molecule is CCC(Sc1nc(C)cc(=O)n1C)C(=O)N(CC)CC. The summed E-state index contributed by atoms with van der Waals surface area (Å²) < 4.78 is 1.50. The molecule has 1 atom stereocenters. The number of thioether (sulfide) groups is 1. The van der Waals surface area contributed by atoms with Crippen LogP contribution in [0, 0.1) is 6.92 Å². The number of hydrogen-bond donors (Lipinski definition) is 0. The van der Waals surface area contributed by atoms with Crippen molar-refractivity contribution in [3.8, 4) is 0 Å². The monoisotopic (exact) mass is 297 g/mol. The van der Waals surface area contributed by atoms with Crippen molar-refractivity contribution < 1.29 is 4.79 Å². The van der Waals surface area contributed by atoms with E-state index in [9.17, 15) is 9.59 Å². The van der Waals surface area contributed by atoms with Gasteiger partial charge in [-0.05, 0) is 27.2 Å². The van der Waals surface area contributed by atoms with Gasteiger partial charge in [-0.1, -0.05) is 18.7 Å². The summed E-state index contributed by atoms with van der Waals surface area (Å²) in [5, 5.41) is 0.400. The lowest BCUT2D eigenvalue weighted by Crippen LogP contribution is -2.37. The van der Waals surface area contributed by atoms with Gasteiger partial charge in [0.25, 0.3) is 5.56 Å². The van der Waals surface area contributed by atoms with Crippen LogP contribution < -0.4 is 5.56 Å². The molecule has 0 aromatic carbocycles. The van der Waals surface area contributed by atoms with Crippen LogP contribution in [0.1, 0.15) is 32.9 Å². The first-order valence-electron chi connectivity index (χ1n) is 6.94. The van der Waals surface area contributed by atoms with Gasteiger partial charge in [0.1, 0.15) is 0 Å². The molecule has 0 aliphatic heterocycles. The van der Waals surface area contributed by atoms with Gasteiger partial charge in [-0.25, -0.2) is 4.98 Å². The van der Waals surface area contributed by atoms with E-state index in [1.54, 1.807) is 14.0 Å². The van der Waals surface area contributed by atoms with Crippen molar-refractivity contribution >= 4 is 17.7 Å². The highest BCUT2D eigenvalue weighted by Crippen LogP contribution is 2.24. The van der Waals surface area contributed by atoms with Crippen LogP contribution in [0.2, 0.25) is 0 Å². The molecule has 1 rings (SSSR count). The molecule has 0 radical (unpaired) electrons. The van der Waals surface area contributed by atoms with Crippen molar-refractivity contribution in [3.05, 3.63) is 22.1 Å². The standard InChI is InChI=1S/C14H23N3O2S/c1-6-11(13(19)17(7-2)8-3)20-14-15-10(4)9-12(18)16(14)5/h9,11H,6-8H2,1-5H3. The molecule has 1 unspecified atom stereocenters. The third kappa shape index (κ3) is 3.85. The third-order valence-electron chi connectivity index (χ3n) is 3.19. The summed E-state index contributed by atoms with van der Waals surface area (Å²) in [7, 11) is 1.69. The van der Waals surface area contributed by atoms with E-state index in [1.807, 2.05) is 25.7 Å². The molecule has 5 nitrogen and oxygen atoms in total. The highest BCUT2D eigenvalue weighted by molar-refractivity contribution is 8.00. The highest BCUT2D eigenvalue weighted by Gasteiger charge is 2.23. The van der Waals surface area contributed by atoms with Crippen molar-refractivity contribution in [2.24, 2.45) is 7.05 Å². The first-order chi connectivity index (χ1) is 9.44. The van der Waals surface area contributed by atoms with Crippen LogP contribution in [0.15, 0.2) is 16.0 Å². The highest BCUT2D eigenvalue weighted by atomic mass is 32.2. The summed E-state index contributed by atoms with van der Waals surface area (Å²) in [5.74, 6) is 0.109. The van der Waals surface area contributed by atoms with Crippen LogP contribution in [-0.2, 0) is 11.8 Å². The molecule has 0 spiro atoms. The van der Waals surface area contributed by atoms with Gasteiger partial charge in [0.05, 0.1) is 5.25 Å². The van der Waals surface area contributed by atoms with Gasteiger partial charge < -0.3 is 4.90 Å². The van der Waals surface area contributed by atoms with Crippen LogP contribution in [0.4, 0.5) is 0 Å². The molecule has 0 saturated carbocycles. The Morgan fingerprint density at radius 1 is 1.40 bits per heavy atom. The Morgan fingerprint density at radius 3 is 2.50 bits per heavy atom. The molecule has 0 aliphatic carbocycles. The first kappa shape index (κ1) is 16.8. The summed E-state index contributed by atoms with van der Waals surface area (Å²) in [6.45, 7) is 9.11. The minimum atomic E-state index is -0.199. The third-order valence-corrected chi connectivity index (χ3v) is 4.59. The molecule has 20 heavy (non-hydrogen) atoms. The van der Waals surface area contributed by atoms with E-state index in [0.717, 1.165) is 0 Å². The number of amides is 1. The van der Waals surface area contributed by atoms with E-state index in [4.69, 9.17) is 0 Å². The molecule has 1 amide bonds. The fourth-order valence-corrected chi connectivity index (χ4v) is 3.02. The molecule has 1 aromatic heterocycles. The van der Waals surface area contributed by atoms with Gasteiger partial charge in [0, 0.05) is 31.9 Å². The van der Waals surface area contributed by atoms with Gasteiger partial charge in [0.15, 0.2) is 5.16 Å². The zero-order valence-electron chi connectivity index (χ0n) is 12.8. The normalized spacial score (nSPS) is 12.2. The van der Waals surface area contributed by atoms with E-state index in [0.29, 0.717) is 30.4 Å². The summed E-state index contributed by atoms with van der Waals surface area (Å²) in [6, 6.07) is 1.50. The quantitative estimate of drug-likeness (QED) is 0.594. The van der Waals surface area contributed by atoms with E-state index in [-0.39, 0.29) is 16.7 Å². The average Bonchev–Trinajstić information content (AvgIpc) is 2.42. The van der Waals surface area contributed by atoms with Crippen LogP contribution >= 0.6 is 11.8 Å². The van der Waals surface area contributed by atoms with Crippen molar-refractivity contribution in [3.63, 3.8) is 0 Å². The van der Waals surface area contributed by atoms with E-state index >= 15 is 0 Å². The number of carbonyl (C=O) groups is 1. The summed E-state index contributed by atoms with van der Waals surface area (Å²) in [5.41, 5.74) is 0.589. The van der Waals surface area contributed by atoms with Crippen molar-refractivity contribution in [1.82, 2.24) is 14.5 Å². The Labute approximate surface area is 124 Å². The Bertz CT molecular complexity index is 524. The first-order valence-corrected chi connectivity index (χ1v) is 7.82. The second kappa shape index (κ2) is 7.47. The van der Waals surface area contributed by atoms with Crippen molar-refractivity contribution in [2.45, 2.75) is 44.5 Å². The van der Waals surface area contributed by atoms with E-state index in [1.165, 1.54) is 22.4 Å². The molecule has 6 heteroatoms. The number of carbonyl (C=O) groups excluding carboxylic acids is 1. The molecule has 0 aliphatic rings. The maximum absolute atomic E-state index is 12.4. The maximum atomic E-state index is 12.4. The number of aromatic nitrogens is 2. The van der Waals surface area contributed by atoms with E-state index < -0.39 is 0 Å². The molecule has 1 heterocycles. The van der Waals surface area contributed by atoms with Gasteiger partial charge in [-0.2, -0.15) is 0 Å². The molecular formula is C14H23N3O2S. The fraction of sp³-hybridized carbons (Fsp3) is 0.643.